The van der Waals surface area contributed by atoms with Crippen LogP contribution in [0.1, 0.15) is 33.9 Å². The van der Waals surface area contributed by atoms with E-state index in [4.69, 9.17) is 25.5 Å². The maximum atomic E-state index is 12.4. The number of hydrogen-bond donors (Lipinski definition) is 2. The number of ether oxygens (including phenoxy) is 3. The first kappa shape index (κ1) is 23.1. The van der Waals surface area contributed by atoms with Gasteiger partial charge in [-0.05, 0) is 11.6 Å². The van der Waals surface area contributed by atoms with Crippen molar-refractivity contribution in [3.63, 3.8) is 0 Å². The fourth-order valence-electron chi connectivity index (χ4n) is 2.71. The van der Waals surface area contributed by atoms with E-state index in [0.29, 0.717) is 0 Å². The minimum Gasteiger partial charge on any atom is -0.455 e. The van der Waals surface area contributed by atoms with E-state index in [1.54, 1.807) is 27.7 Å². The number of hydrogen-bond acceptors (Lipinski definition) is 10. The molecule has 0 bridgehead atoms. The Morgan fingerprint density at radius 3 is 2.47 bits per heavy atom. The summed E-state index contributed by atoms with van der Waals surface area (Å²) in [6.45, 7) is 5.36. The standard InChI is InChI=1S/C17H24N6O7/c1-8(2)14(25)28-11-12(29-15(26)9(3)4)17(7-24,21-22-19)30-13(11)23-6-5-10(18)20-16(23)27/h5-6,8-9,11-13,24H,7H2,1-4H3,(H2,18,20,27)/t11-,12+,13-,17-/m1/s1. The summed E-state index contributed by atoms with van der Waals surface area (Å²) in [4.78, 5) is 43.2. The van der Waals surface area contributed by atoms with Crippen molar-refractivity contribution in [2.45, 2.75) is 51.9 Å². The summed E-state index contributed by atoms with van der Waals surface area (Å²) >= 11 is 0. The van der Waals surface area contributed by atoms with Crippen molar-refractivity contribution in [2.24, 2.45) is 17.0 Å². The van der Waals surface area contributed by atoms with Crippen LogP contribution in [-0.2, 0) is 23.8 Å². The number of aromatic nitrogens is 2. The predicted octanol–water partition coefficient (Wildman–Crippen LogP) is 0.489. The van der Waals surface area contributed by atoms with Crippen LogP contribution in [0.15, 0.2) is 22.2 Å². The minimum atomic E-state index is -2.15. The molecule has 0 aliphatic carbocycles. The largest absolute Gasteiger partial charge is 0.455 e. The lowest BCUT2D eigenvalue weighted by Gasteiger charge is -2.29. The van der Waals surface area contributed by atoms with Crippen molar-refractivity contribution >= 4 is 17.8 Å². The van der Waals surface area contributed by atoms with Crippen LogP contribution in [0.2, 0.25) is 0 Å². The summed E-state index contributed by atoms with van der Waals surface area (Å²) in [6, 6.07) is 1.30. The maximum Gasteiger partial charge on any atom is 0.351 e. The van der Waals surface area contributed by atoms with Gasteiger partial charge in [-0.2, -0.15) is 4.98 Å². The van der Waals surface area contributed by atoms with Crippen LogP contribution in [0.3, 0.4) is 0 Å². The first-order valence-corrected chi connectivity index (χ1v) is 9.17. The Morgan fingerprint density at radius 2 is 1.97 bits per heavy atom. The van der Waals surface area contributed by atoms with E-state index >= 15 is 0 Å². The number of anilines is 1. The van der Waals surface area contributed by atoms with Crippen LogP contribution in [0.4, 0.5) is 5.82 Å². The van der Waals surface area contributed by atoms with E-state index in [1.807, 2.05) is 0 Å². The average molecular weight is 424 g/mol. The molecule has 0 spiro atoms. The molecule has 164 valence electrons. The predicted molar refractivity (Wildman–Crippen MR) is 101 cm³/mol. The highest BCUT2D eigenvalue weighted by Crippen LogP contribution is 2.42. The van der Waals surface area contributed by atoms with Gasteiger partial charge in [-0.3, -0.25) is 14.2 Å². The molecule has 0 unspecified atom stereocenters. The number of nitrogen functional groups attached to an aromatic ring is 1. The molecule has 0 aromatic carbocycles. The Hall–Kier alpha value is -3.15. The highest BCUT2D eigenvalue weighted by molar-refractivity contribution is 5.73. The summed E-state index contributed by atoms with van der Waals surface area (Å²) < 4.78 is 17.5. The van der Waals surface area contributed by atoms with Gasteiger partial charge in [0.15, 0.2) is 18.4 Å². The van der Waals surface area contributed by atoms with Gasteiger partial charge in [-0.15, -0.1) is 0 Å². The van der Waals surface area contributed by atoms with E-state index in [-0.39, 0.29) is 5.82 Å². The zero-order valence-electron chi connectivity index (χ0n) is 17.0. The number of esters is 2. The van der Waals surface area contributed by atoms with Gasteiger partial charge in [0.05, 0.1) is 18.4 Å². The molecule has 1 fully saturated rings. The van der Waals surface area contributed by atoms with E-state index in [2.05, 4.69) is 15.0 Å². The van der Waals surface area contributed by atoms with Gasteiger partial charge in [0.2, 0.25) is 5.72 Å². The highest BCUT2D eigenvalue weighted by Gasteiger charge is 2.60. The van der Waals surface area contributed by atoms with Gasteiger partial charge < -0.3 is 25.1 Å². The lowest BCUT2D eigenvalue weighted by atomic mass is 10.0. The Bertz CT molecular complexity index is 910. The average Bonchev–Trinajstić information content (AvgIpc) is 2.95. The second kappa shape index (κ2) is 9.11. The topological polar surface area (TPSA) is 192 Å². The molecule has 1 saturated heterocycles. The molecule has 1 aromatic rings. The molecule has 0 saturated carbocycles. The van der Waals surface area contributed by atoms with Crippen LogP contribution in [0.25, 0.3) is 10.4 Å². The van der Waals surface area contributed by atoms with Crippen LogP contribution >= 0.6 is 0 Å². The SMILES string of the molecule is CC(C)C(=O)O[C@H]1[C@H](n2ccc(N)nc2=O)O[C@@](CO)(N=[N+]=[N-])[C@H]1OC(=O)C(C)C. The third-order valence-electron chi connectivity index (χ3n) is 4.35. The molecule has 1 aromatic heterocycles. The normalized spacial score (nSPS) is 25.8. The summed E-state index contributed by atoms with van der Waals surface area (Å²) in [6.07, 6.45) is -3.15. The molecule has 1 aliphatic heterocycles. The Morgan fingerprint density at radius 1 is 1.37 bits per heavy atom. The lowest BCUT2D eigenvalue weighted by Crippen LogP contribution is -2.49. The molecular formula is C17H24N6O7. The number of carbonyl (C=O) groups excluding carboxylic acids is 2. The van der Waals surface area contributed by atoms with Crippen LogP contribution in [0, 0.1) is 11.8 Å². The number of aliphatic hydroxyl groups excluding tert-OH is 1. The first-order chi connectivity index (χ1) is 14.1. The Balaban J connectivity index is 2.64. The molecule has 2 heterocycles. The molecular weight excluding hydrogens is 400 g/mol. The van der Waals surface area contributed by atoms with E-state index < -0.39 is 60.2 Å². The van der Waals surface area contributed by atoms with Gasteiger partial charge in [0.25, 0.3) is 0 Å². The van der Waals surface area contributed by atoms with Gasteiger partial charge in [-0.25, -0.2) is 4.79 Å². The third-order valence-corrected chi connectivity index (χ3v) is 4.35. The molecule has 1 aliphatic rings. The number of nitrogens with zero attached hydrogens (tertiary/aromatic N) is 5. The minimum absolute atomic E-state index is 0.0591. The van der Waals surface area contributed by atoms with E-state index in [1.165, 1.54) is 12.3 Å². The van der Waals surface area contributed by atoms with Crippen molar-refractivity contribution in [3.05, 3.63) is 33.2 Å². The molecule has 13 heteroatoms. The Labute approximate surface area is 171 Å². The van der Waals surface area contributed by atoms with Crippen molar-refractivity contribution in [2.75, 3.05) is 12.3 Å². The lowest BCUT2D eigenvalue weighted by molar-refractivity contribution is -0.177. The molecule has 30 heavy (non-hydrogen) atoms. The van der Waals surface area contributed by atoms with Crippen molar-refractivity contribution in [1.82, 2.24) is 9.55 Å². The maximum absolute atomic E-state index is 12.4. The summed E-state index contributed by atoms with van der Waals surface area (Å²) in [7, 11) is 0. The quantitative estimate of drug-likeness (QED) is 0.271. The summed E-state index contributed by atoms with van der Waals surface area (Å²) in [5.41, 5.74) is 11.5. The molecule has 0 amide bonds. The molecule has 2 rings (SSSR count). The zero-order chi connectivity index (χ0) is 22.6. The van der Waals surface area contributed by atoms with Gasteiger partial charge in [0.1, 0.15) is 5.82 Å². The zero-order valence-corrected chi connectivity index (χ0v) is 17.0. The van der Waals surface area contributed by atoms with Crippen molar-refractivity contribution in [1.29, 1.82) is 0 Å². The van der Waals surface area contributed by atoms with Crippen LogP contribution < -0.4 is 11.4 Å². The molecule has 3 N–H and O–H groups in total. The number of rotatable bonds is 7. The monoisotopic (exact) mass is 424 g/mol. The van der Waals surface area contributed by atoms with Gasteiger partial charge >= 0.3 is 17.6 Å². The fraction of sp³-hybridized carbons (Fsp3) is 0.647. The number of nitrogens with two attached hydrogens (primary N) is 1. The number of aliphatic hydroxyl groups is 1. The van der Waals surface area contributed by atoms with Crippen molar-refractivity contribution < 1.29 is 28.9 Å². The third kappa shape index (κ3) is 4.53. The summed E-state index contributed by atoms with van der Waals surface area (Å²) in [5, 5.41) is 13.4. The summed E-state index contributed by atoms with van der Waals surface area (Å²) in [5.74, 6) is -2.63. The molecule has 4 atom stereocenters. The first-order valence-electron chi connectivity index (χ1n) is 9.17. The van der Waals surface area contributed by atoms with Gasteiger partial charge in [0, 0.05) is 11.1 Å². The van der Waals surface area contributed by atoms with Crippen molar-refractivity contribution in [3.8, 4) is 0 Å². The smallest absolute Gasteiger partial charge is 0.351 e. The van der Waals surface area contributed by atoms with E-state index in [9.17, 15) is 19.5 Å². The second-order valence-electron chi connectivity index (χ2n) is 7.31. The van der Waals surface area contributed by atoms with Gasteiger partial charge in [-0.1, -0.05) is 32.8 Å². The Kier molecular flexibility index (Phi) is 7.03. The highest BCUT2D eigenvalue weighted by atomic mass is 16.7. The molecule has 0 radical (unpaired) electrons. The van der Waals surface area contributed by atoms with E-state index in [0.717, 1.165) is 4.57 Å². The van der Waals surface area contributed by atoms with Crippen LogP contribution in [-0.4, -0.2) is 51.1 Å². The van der Waals surface area contributed by atoms with Crippen LogP contribution in [0.5, 0.6) is 0 Å². The fourth-order valence-corrected chi connectivity index (χ4v) is 2.71. The number of azide groups is 1. The second-order valence-corrected chi connectivity index (χ2v) is 7.31. The molecule has 13 nitrogen and oxygen atoms in total. The number of carbonyl (C=O) groups is 2.